The molecule has 3 N–H and O–H groups in total. The first-order valence-electron chi connectivity index (χ1n) is 4.91. The van der Waals surface area contributed by atoms with Crippen molar-refractivity contribution in [2.45, 2.75) is 19.0 Å². The summed E-state index contributed by atoms with van der Waals surface area (Å²) >= 11 is 9.22. The van der Waals surface area contributed by atoms with E-state index in [0.717, 1.165) is 10.0 Å². The molecule has 0 fully saturated rings. The first-order chi connectivity index (χ1) is 7.50. The Morgan fingerprint density at radius 1 is 1.38 bits per heavy atom. The topological polar surface area (TPSA) is 52.5 Å². The quantitative estimate of drug-likeness (QED) is 0.779. The van der Waals surface area contributed by atoms with Gasteiger partial charge < -0.3 is 15.5 Å². The second kappa shape index (κ2) is 5.98. The number of hydrogen-bond donors (Lipinski definition) is 3. The normalized spacial score (nSPS) is 11.8. The molecule has 1 aromatic rings. The molecule has 1 rings (SSSR count). The highest BCUT2D eigenvalue weighted by atomic mass is 79.9. The van der Waals surface area contributed by atoms with E-state index in [4.69, 9.17) is 21.8 Å². The minimum atomic E-state index is -0.661. The van der Waals surface area contributed by atoms with Crippen LogP contribution in [0.15, 0.2) is 22.7 Å². The van der Waals surface area contributed by atoms with Gasteiger partial charge in [-0.15, -0.1) is 0 Å². The number of aliphatic hydroxyl groups excluding tert-OH is 2. The summed E-state index contributed by atoms with van der Waals surface area (Å²) in [5.41, 5.74) is 0.371. The van der Waals surface area contributed by atoms with Crippen LogP contribution in [0.1, 0.15) is 12.5 Å². The standard InChI is InChI=1S/C11H15BrClNO2/c1-11(6-15,7-16)14-5-8-2-3-10(13)9(12)4-8/h2-4,14-16H,5-7H2,1H3. The molecule has 0 aliphatic rings. The minimum absolute atomic E-state index is 0.113. The maximum absolute atomic E-state index is 9.11. The van der Waals surface area contributed by atoms with E-state index < -0.39 is 5.54 Å². The van der Waals surface area contributed by atoms with Crippen molar-refractivity contribution in [1.29, 1.82) is 0 Å². The lowest BCUT2D eigenvalue weighted by molar-refractivity contribution is 0.103. The van der Waals surface area contributed by atoms with E-state index in [9.17, 15) is 0 Å². The van der Waals surface area contributed by atoms with Gasteiger partial charge in [0.1, 0.15) is 0 Å². The first-order valence-corrected chi connectivity index (χ1v) is 6.08. The molecular weight excluding hydrogens is 293 g/mol. The van der Waals surface area contributed by atoms with Gasteiger partial charge in [0.25, 0.3) is 0 Å². The Bertz CT molecular complexity index is 356. The Kier molecular flexibility index (Phi) is 5.21. The van der Waals surface area contributed by atoms with E-state index in [-0.39, 0.29) is 13.2 Å². The van der Waals surface area contributed by atoms with Gasteiger partial charge in [0, 0.05) is 11.0 Å². The lowest BCUT2D eigenvalue weighted by Crippen LogP contribution is -2.48. The van der Waals surface area contributed by atoms with E-state index in [0.29, 0.717) is 11.6 Å². The summed E-state index contributed by atoms with van der Waals surface area (Å²) in [5.74, 6) is 0. The summed E-state index contributed by atoms with van der Waals surface area (Å²) in [6.45, 7) is 2.10. The molecule has 90 valence electrons. The maximum atomic E-state index is 9.11. The molecule has 0 aromatic heterocycles. The molecule has 3 nitrogen and oxygen atoms in total. The summed E-state index contributed by atoms with van der Waals surface area (Å²) in [5, 5.41) is 22.0. The molecule has 0 saturated heterocycles. The summed E-state index contributed by atoms with van der Waals surface area (Å²) in [6, 6.07) is 5.61. The Labute approximate surface area is 109 Å². The Balaban J connectivity index is 2.64. The highest BCUT2D eigenvalue weighted by Gasteiger charge is 2.20. The second-order valence-electron chi connectivity index (χ2n) is 3.98. The summed E-state index contributed by atoms with van der Waals surface area (Å²) in [6.07, 6.45) is 0. The lowest BCUT2D eigenvalue weighted by atomic mass is 10.0. The van der Waals surface area contributed by atoms with Gasteiger partial charge in [-0.05, 0) is 40.5 Å². The molecule has 0 atom stereocenters. The fraction of sp³-hybridized carbons (Fsp3) is 0.455. The van der Waals surface area contributed by atoms with Crippen LogP contribution in [-0.2, 0) is 6.54 Å². The number of halogens is 2. The van der Waals surface area contributed by atoms with Crippen molar-refractivity contribution in [2.24, 2.45) is 0 Å². The number of benzene rings is 1. The zero-order valence-electron chi connectivity index (χ0n) is 9.00. The van der Waals surface area contributed by atoms with Crippen molar-refractivity contribution in [3.8, 4) is 0 Å². The van der Waals surface area contributed by atoms with E-state index in [1.807, 2.05) is 12.1 Å². The van der Waals surface area contributed by atoms with Crippen LogP contribution < -0.4 is 5.32 Å². The van der Waals surface area contributed by atoms with E-state index in [1.54, 1.807) is 13.0 Å². The van der Waals surface area contributed by atoms with E-state index in [1.165, 1.54) is 0 Å². The fourth-order valence-corrected chi connectivity index (χ4v) is 1.67. The number of rotatable bonds is 5. The number of nitrogens with one attached hydrogen (secondary N) is 1. The van der Waals surface area contributed by atoms with Crippen LogP contribution in [0.2, 0.25) is 5.02 Å². The molecule has 1 aromatic carbocycles. The van der Waals surface area contributed by atoms with Gasteiger partial charge in [0.15, 0.2) is 0 Å². The van der Waals surface area contributed by atoms with Crippen molar-refractivity contribution < 1.29 is 10.2 Å². The number of aliphatic hydroxyl groups is 2. The van der Waals surface area contributed by atoms with Gasteiger partial charge in [-0.25, -0.2) is 0 Å². The van der Waals surface area contributed by atoms with Gasteiger partial charge in [0.05, 0.1) is 23.8 Å². The Morgan fingerprint density at radius 3 is 2.50 bits per heavy atom. The third kappa shape index (κ3) is 3.71. The maximum Gasteiger partial charge on any atom is 0.0633 e. The summed E-state index contributed by atoms with van der Waals surface area (Å²) in [7, 11) is 0. The summed E-state index contributed by atoms with van der Waals surface area (Å²) < 4.78 is 0.836. The zero-order chi connectivity index (χ0) is 12.2. The molecule has 0 amide bonds. The van der Waals surface area contributed by atoms with Gasteiger partial charge in [-0.2, -0.15) is 0 Å². The fourth-order valence-electron chi connectivity index (χ4n) is 1.13. The SMILES string of the molecule is CC(CO)(CO)NCc1ccc(Cl)c(Br)c1. The molecule has 16 heavy (non-hydrogen) atoms. The van der Waals surface area contributed by atoms with E-state index in [2.05, 4.69) is 21.2 Å². The number of hydrogen-bond acceptors (Lipinski definition) is 3. The Hall–Kier alpha value is -0.130. The van der Waals surface area contributed by atoms with Crippen LogP contribution >= 0.6 is 27.5 Å². The molecule has 0 aliphatic heterocycles. The molecule has 0 radical (unpaired) electrons. The zero-order valence-corrected chi connectivity index (χ0v) is 11.3. The van der Waals surface area contributed by atoms with Gasteiger partial charge in [-0.1, -0.05) is 17.7 Å². The highest BCUT2D eigenvalue weighted by molar-refractivity contribution is 9.10. The molecule has 0 spiro atoms. The van der Waals surface area contributed by atoms with Crippen LogP contribution in [0, 0.1) is 0 Å². The van der Waals surface area contributed by atoms with Crippen molar-refractivity contribution in [3.63, 3.8) is 0 Å². The predicted octanol–water partition coefficient (Wildman–Crippen LogP) is 1.94. The average molecular weight is 309 g/mol. The van der Waals surface area contributed by atoms with Crippen LogP contribution in [0.3, 0.4) is 0 Å². The lowest BCUT2D eigenvalue weighted by Gasteiger charge is -2.26. The van der Waals surface area contributed by atoms with Crippen molar-refractivity contribution in [1.82, 2.24) is 5.32 Å². The highest BCUT2D eigenvalue weighted by Crippen LogP contribution is 2.23. The molecule has 5 heteroatoms. The second-order valence-corrected chi connectivity index (χ2v) is 5.24. The minimum Gasteiger partial charge on any atom is -0.394 e. The van der Waals surface area contributed by atoms with Crippen molar-refractivity contribution in [3.05, 3.63) is 33.3 Å². The molecule has 0 aliphatic carbocycles. The monoisotopic (exact) mass is 307 g/mol. The largest absolute Gasteiger partial charge is 0.394 e. The molecular formula is C11H15BrClNO2. The van der Waals surface area contributed by atoms with E-state index >= 15 is 0 Å². The smallest absolute Gasteiger partial charge is 0.0633 e. The van der Waals surface area contributed by atoms with Crippen molar-refractivity contribution >= 4 is 27.5 Å². The summed E-state index contributed by atoms with van der Waals surface area (Å²) in [4.78, 5) is 0. The Morgan fingerprint density at radius 2 is 2.00 bits per heavy atom. The van der Waals surface area contributed by atoms with Gasteiger partial charge >= 0.3 is 0 Å². The van der Waals surface area contributed by atoms with Crippen molar-refractivity contribution in [2.75, 3.05) is 13.2 Å². The third-order valence-corrected chi connectivity index (χ3v) is 3.62. The molecule has 0 unspecified atom stereocenters. The van der Waals surface area contributed by atoms with Gasteiger partial charge in [0.2, 0.25) is 0 Å². The molecule has 0 saturated carbocycles. The van der Waals surface area contributed by atoms with Crippen LogP contribution in [-0.4, -0.2) is 29.0 Å². The molecule has 0 heterocycles. The van der Waals surface area contributed by atoms with Crippen LogP contribution in [0.5, 0.6) is 0 Å². The predicted molar refractivity (Wildman–Crippen MR) is 68.6 cm³/mol. The third-order valence-electron chi connectivity index (χ3n) is 2.40. The average Bonchev–Trinajstić information content (AvgIpc) is 2.30. The van der Waals surface area contributed by atoms with Crippen LogP contribution in [0.4, 0.5) is 0 Å². The van der Waals surface area contributed by atoms with Gasteiger partial charge in [-0.3, -0.25) is 0 Å². The van der Waals surface area contributed by atoms with Crippen LogP contribution in [0.25, 0.3) is 0 Å². The molecule has 0 bridgehead atoms. The first kappa shape index (κ1) is 13.9.